The van der Waals surface area contributed by atoms with E-state index in [1.807, 2.05) is 0 Å². The molecule has 0 saturated heterocycles. The van der Waals surface area contributed by atoms with Crippen LogP contribution in [0.5, 0.6) is 5.75 Å². The fraction of sp³-hybridized carbons (Fsp3) is 0.381. The van der Waals surface area contributed by atoms with E-state index >= 15 is 0 Å². The zero-order valence-corrected chi connectivity index (χ0v) is 15.8. The molecule has 27 heavy (non-hydrogen) atoms. The van der Waals surface area contributed by atoms with E-state index in [0.717, 1.165) is 18.6 Å². The molecule has 2 aromatic rings. The van der Waals surface area contributed by atoms with E-state index in [2.05, 4.69) is 24.5 Å². The third-order valence-corrected chi connectivity index (χ3v) is 3.59. The van der Waals surface area contributed by atoms with Crippen molar-refractivity contribution in [3.63, 3.8) is 0 Å². The molecule has 0 aliphatic heterocycles. The number of benzene rings is 2. The highest BCUT2D eigenvalue weighted by molar-refractivity contribution is 5.89. The van der Waals surface area contributed by atoms with Crippen LogP contribution in [0.1, 0.15) is 25.8 Å². The molecule has 0 spiro atoms. The Morgan fingerprint density at radius 3 is 2.74 bits per heavy atom. The van der Waals surface area contributed by atoms with Gasteiger partial charge in [0.1, 0.15) is 18.2 Å². The number of hydrogen-bond acceptors (Lipinski definition) is 3. The minimum absolute atomic E-state index is 0.254. The maximum Gasteiger partial charge on any atom is 0.319 e. The van der Waals surface area contributed by atoms with Gasteiger partial charge >= 0.3 is 6.03 Å². The van der Waals surface area contributed by atoms with Gasteiger partial charge in [-0.3, -0.25) is 0 Å². The van der Waals surface area contributed by atoms with Crippen LogP contribution in [0.2, 0.25) is 0 Å². The molecule has 0 aliphatic rings. The standard InChI is InChI=1S/C21H27FN2O3/c1-16(2)14-26-11-5-10-23-21(25)24-19-8-4-9-20(13-19)27-15-17-6-3-7-18(22)12-17/h3-4,6-9,12-13,16H,5,10-11,14-15H2,1-2H3,(H2,23,24,25). The number of amides is 2. The summed E-state index contributed by atoms with van der Waals surface area (Å²) in [6.07, 6.45) is 0.761. The van der Waals surface area contributed by atoms with Gasteiger partial charge < -0.3 is 20.1 Å². The maximum absolute atomic E-state index is 13.2. The van der Waals surface area contributed by atoms with Crippen LogP contribution in [-0.2, 0) is 11.3 Å². The highest BCUT2D eigenvalue weighted by Gasteiger charge is 2.04. The van der Waals surface area contributed by atoms with Gasteiger partial charge in [-0.05, 0) is 42.2 Å². The summed E-state index contributed by atoms with van der Waals surface area (Å²) >= 11 is 0. The molecular formula is C21H27FN2O3. The van der Waals surface area contributed by atoms with Crippen molar-refractivity contribution in [3.8, 4) is 5.75 Å². The van der Waals surface area contributed by atoms with Crippen molar-refractivity contribution in [1.29, 1.82) is 0 Å². The second kappa shape index (κ2) is 11.2. The second-order valence-electron chi connectivity index (χ2n) is 6.65. The summed E-state index contributed by atoms with van der Waals surface area (Å²) < 4.78 is 24.3. The zero-order valence-electron chi connectivity index (χ0n) is 15.8. The Labute approximate surface area is 159 Å². The highest BCUT2D eigenvalue weighted by atomic mass is 19.1. The monoisotopic (exact) mass is 374 g/mol. The van der Waals surface area contributed by atoms with Gasteiger partial charge in [-0.1, -0.05) is 32.0 Å². The Morgan fingerprint density at radius 1 is 1.15 bits per heavy atom. The van der Waals surface area contributed by atoms with E-state index in [1.165, 1.54) is 12.1 Å². The van der Waals surface area contributed by atoms with E-state index in [1.54, 1.807) is 36.4 Å². The van der Waals surface area contributed by atoms with Crippen LogP contribution in [0.4, 0.5) is 14.9 Å². The van der Waals surface area contributed by atoms with Gasteiger partial charge in [0, 0.05) is 31.5 Å². The number of urea groups is 1. The molecule has 2 aromatic carbocycles. The molecule has 0 heterocycles. The maximum atomic E-state index is 13.2. The van der Waals surface area contributed by atoms with E-state index in [-0.39, 0.29) is 18.5 Å². The average Bonchev–Trinajstić information content (AvgIpc) is 2.63. The summed E-state index contributed by atoms with van der Waals surface area (Å²) in [5.74, 6) is 0.814. The van der Waals surface area contributed by atoms with Crippen LogP contribution in [0.3, 0.4) is 0 Å². The predicted octanol–water partition coefficient (Wildman–Crippen LogP) is 4.59. The summed E-state index contributed by atoms with van der Waals surface area (Å²) in [6.45, 7) is 6.35. The lowest BCUT2D eigenvalue weighted by Crippen LogP contribution is -2.30. The van der Waals surface area contributed by atoms with Gasteiger partial charge in [0.15, 0.2) is 0 Å². The first kappa shape index (κ1) is 20.7. The molecule has 6 heteroatoms. The number of rotatable bonds is 10. The lowest BCUT2D eigenvalue weighted by molar-refractivity contribution is 0.108. The second-order valence-corrected chi connectivity index (χ2v) is 6.65. The fourth-order valence-corrected chi connectivity index (χ4v) is 2.33. The molecule has 0 saturated carbocycles. The van der Waals surface area contributed by atoms with Crippen LogP contribution in [0.25, 0.3) is 0 Å². The molecule has 0 atom stereocenters. The molecule has 2 N–H and O–H groups in total. The first-order chi connectivity index (χ1) is 13.0. The van der Waals surface area contributed by atoms with Crippen molar-refractivity contribution in [3.05, 3.63) is 59.9 Å². The van der Waals surface area contributed by atoms with Gasteiger partial charge in [0.05, 0.1) is 0 Å². The Kier molecular flexibility index (Phi) is 8.58. The van der Waals surface area contributed by atoms with Gasteiger partial charge in [-0.25, -0.2) is 9.18 Å². The molecule has 0 bridgehead atoms. The third kappa shape index (κ3) is 8.55. The molecule has 2 rings (SSSR count). The lowest BCUT2D eigenvalue weighted by atomic mass is 10.2. The normalized spacial score (nSPS) is 10.7. The number of carbonyl (C=O) groups is 1. The molecule has 0 radical (unpaired) electrons. The van der Waals surface area contributed by atoms with E-state index < -0.39 is 0 Å². The lowest BCUT2D eigenvalue weighted by Gasteiger charge is -2.11. The molecule has 5 nitrogen and oxygen atoms in total. The summed E-state index contributed by atoms with van der Waals surface area (Å²) in [7, 11) is 0. The van der Waals surface area contributed by atoms with Crippen molar-refractivity contribution in [2.45, 2.75) is 26.9 Å². The zero-order chi connectivity index (χ0) is 19.5. The first-order valence-electron chi connectivity index (χ1n) is 9.13. The number of ether oxygens (including phenoxy) is 2. The number of anilines is 1. The van der Waals surface area contributed by atoms with Crippen LogP contribution in [-0.4, -0.2) is 25.8 Å². The van der Waals surface area contributed by atoms with Crippen molar-refractivity contribution in [2.75, 3.05) is 25.1 Å². The third-order valence-electron chi connectivity index (χ3n) is 3.59. The quantitative estimate of drug-likeness (QED) is 0.598. The highest BCUT2D eigenvalue weighted by Crippen LogP contribution is 2.18. The van der Waals surface area contributed by atoms with Crippen LogP contribution in [0.15, 0.2) is 48.5 Å². The van der Waals surface area contributed by atoms with Crippen molar-refractivity contribution >= 4 is 11.7 Å². The molecule has 0 aromatic heterocycles. The molecular weight excluding hydrogens is 347 g/mol. The predicted molar refractivity (Wildman–Crippen MR) is 104 cm³/mol. The number of halogens is 1. The Bertz CT molecular complexity index is 722. The summed E-state index contributed by atoms with van der Waals surface area (Å²) in [5, 5.41) is 5.56. The van der Waals surface area contributed by atoms with Crippen LogP contribution < -0.4 is 15.4 Å². The minimum Gasteiger partial charge on any atom is -0.489 e. The van der Waals surface area contributed by atoms with Crippen LogP contribution in [0, 0.1) is 11.7 Å². The van der Waals surface area contributed by atoms with Gasteiger partial charge in [-0.15, -0.1) is 0 Å². The van der Waals surface area contributed by atoms with Crippen LogP contribution >= 0.6 is 0 Å². The fourth-order valence-electron chi connectivity index (χ4n) is 2.33. The van der Waals surface area contributed by atoms with E-state index in [0.29, 0.717) is 30.5 Å². The van der Waals surface area contributed by atoms with Crippen molar-refractivity contribution in [2.24, 2.45) is 5.92 Å². The summed E-state index contributed by atoms with van der Waals surface area (Å²) in [6, 6.07) is 13.1. The molecule has 0 fully saturated rings. The van der Waals surface area contributed by atoms with Crippen molar-refractivity contribution < 1.29 is 18.7 Å². The van der Waals surface area contributed by atoms with Gasteiger partial charge in [-0.2, -0.15) is 0 Å². The minimum atomic E-state index is -0.294. The number of hydrogen-bond donors (Lipinski definition) is 2. The molecule has 0 aliphatic carbocycles. The van der Waals surface area contributed by atoms with Crippen molar-refractivity contribution in [1.82, 2.24) is 5.32 Å². The molecule has 146 valence electrons. The summed E-state index contributed by atoms with van der Waals surface area (Å²) in [4.78, 5) is 11.9. The Hall–Kier alpha value is -2.60. The van der Waals surface area contributed by atoms with E-state index in [4.69, 9.17) is 9.47 Å². The number of nitrogens with one attached hydrogen (secondary N) is 2. The average molecular weight is 374 g/mol. The van der Waals surface area contributed by atoms with Gasteiger partial charge in [0.2, 0.25) is 0 Å². The topological polar surface area (TPSA) is 59.6 Å². The first-order valence-corrected chi connectivity index (χ1v) is 9.13. The largest absolute Gasteiger partial charge is 0.489 e. The Morgan fingerprint density at radius 2 is 1.96 bits per heavy atom. The van der Waals surface area contributed by atoms with Gasteiger partial charge in [0.25, 0.3) is 0 Å². The SMILES string of the molecule is CC(C)COCCCNC(=O)Nc1cccc(OCc2cccc(F)c2)c1. The van der Waals surface area contributed by atoms with E-state index in [9.17, 15) is 9.18 Å². The Balaban J connectivity index is 1.72. The molecule has 2 amide bonds. The molecule has 0 unspecified atom stereocenters. The number of carbonyl (C=O) groups excluding carboxylic acids is 1. The summed E-state index contributed by atoms with van der Waals surface area (Å²) in [5.41, 5.74) is 1.37. The smallest absolute Gasteiger partial charge is 0.319 e.